The zero-order valence-corrected chi connectivity index (χ0v) is 8.81. The third-order valence-corrected chi connectivity index (χ3v) is 3.03. The molecule has 1 saturated heterocycles. The van der Waals surface area contributed by atoms with Crippen LogP contribution in [-0.2, 0) is 0 Å². The Bertz CT molecular complexity index is 320. The first-order chi connectivity index (χ1) is 6.68. The van der Waals surface area contributed by atoms with E-state index in [9.17, 15) is 4.39 Å². The van der Waals surface area contributed by atoms with E-state index in [4.69, 9.17) is 11.6 Å². The highest BCUT2D eigenvalue weighted by Gasteiger charge is 2.25. The average molecular weight is 214 g/mol. The van der Waals surface area contributed by atoms with E-state index in [0.29, 0.717) is 16.5 Å². The molecule has 3 heteroatoms. The minimum Gasteiger partial charge on any atom is -0.309 e. The highest BCUT2D eigenvalue weighted by atomic mass is 35.5. The Labute approximate surface area is 88.3 Å². The van der Waals surface area contributed by atoms with E-state index in [1.54, 1.807) is 12.1 Å². The summed E-state index contributed by atoms with van der Waals surface area (Å²) in [5.41, 5.74) is 0.624. The van der Waals surface area contributed by atoms with Crippen molar-refractivity contribution in [1.82, 2.24) is 5.32 Å². The fourth-order valence-electron chi connectivity index (χ4n) is 1.98. The summed E-state index contributed by atoms with van der Waals surface area (Å²) in [6.07, 6.45) is 0.959. The van der Waals surface area contributed by atoms with E-state index in [1.807, 2.05) is 0 Å². The zero-order chi connectivity index (χ0) is 10.1. The van der Waals surface area contributed by atoms with Gasteiger partial charge in [-0.3, -0.25) is 0 Å². The zero-order valence-electron chi connectivity index (χ0n) is 8.06. The molecule has 0 aromatic heterocycles. The molecule has 1 aliphatic rings. The predicted octanol–water partition coefficient (Wildman–Crippen LogP) is 3.15. The Morgan fingerprint density at radius 2 is 2.29 bits per heavy atom. The van der Waals surface area contributed by atoms with Crippen LogP contribution in [0.4, 0.5) is 4.39 Å². The smallest absolute Gasteiger partial charge is 0.129 e. The first-order valence-electron chi connectivity index (χ1n) is 4.85. The molecule has 0 radical (unpaired) electrons. The van der Waals surface area contributed by atoms with Gasteiger partial charge in [0, 0.05) is 16.6 Å². The van der Waals surface area contributed by atoms with Gasteiger partial charge in [0.05, 0.1) is 0 Å². The summed E-state index contributed by atoms with van der Waals surface area (Å²) in [5.74, 6) is 0.389. The highest BCUT2D eigenvalue weighted by Crippen LogP contribution is 2.33. The molecular weight excluding hydrogens is 201 g/mol. The van der Waals surface area contributed by atoms with Gasteiger partial charge in [-0.15, -0.1) is 0 Å². The number of hydrogen-bond donors (Lipinski definition) is 1. The molecule has 1 nitrogen and oxygen atoms in total. The summed E-state index contributed by atoms with van der Waals surface area (Å²) in [5, 5.41) is 3.80. The van der Waals surface area contributed by atoms with E-state index < -0.39 is 0 Å². The van der Waals surface area contributed by atoms with Crippen molar-refractivity contribution in [1.29, 1.82) is 0 Å². The normalized spacial score (nSPS) is 26.8. The van der Waals surface area contributed by atoms with Crippen LogP contribution in [0.2, 0.25) is 5.02 Å². The monoisotopic (exact) mass is 213 g/mol. The number of nitrogens with one attached hydrogen (secondary N) is 1. The lowest BCUT2D eigenvalue weighted by Gasteiger charge is -2.13. The lowest BCUT2D eigenvalue weighted by atomic mass is 10.0. The summed E-state index contributed by atoms with van der Waals surface area (Å²) in [6, 6.07) is 4.93. The summed E-state index contributed by atoms with van der Waals surface area (Å²) >= 11 is 5.98. The second kappa shape index (κ2) is 3.87. The van der Waals surface area contributed by atoms with Crippen molar-refractivity contribution >= 4 is 11.6 Å². The molecule has 0 spiro atoms. The second-order valence-corrected chi connectivity index (χ2v) is 4.34. The molecule has 0 saturated carbocycles. The number of benzene rings is 1. The number of halogens is 2. The maximum Gasteiger partial charge on any atom is 0.129 e. The quantitative estimate of drug-likeness (QED) is 0.756. The van der Waals surface area contributed by atoms with Gasteiger partial charge in [0.25, 0.3) is 0 Å². The van der Waals surface area contributed by atoms with Gasteiger partial charge >= 0.3 is 0 Å². The van der Waals surface area contributed by atoms with Crippen LogP contribution in [0.3, 0.4) is 0 Å². The molecule has 1 aromatic carbocycles. The lowest BCUT2D eigenvalue weighted by molar-refractivity contribution is 0.550. The average Bonchev–Trinajstić information content (AvgIpc) is 2.51. The minimum atomic E-state index is -0.205. The van der Waals surface area contributed by atoms with Crippen LogP contribution in [0.15, 0.2) is 18.2 Å². The first kappa shape index (κ1) is 9.94. The minimum absolute atomic E-state index is 0.0821. The van der Waals surface area contributed by atoms with Crippen molar-refractivity contribution in [3.05, 3.63) is 34.6 Å². The largest absolute Gasteiger partial charge is 0.309 e. The van der Waals surface area contributed by atoms with Crippen LogP contribution in [0.5, 0.6) is 0 Å². The van der Waals surface area contributed by atoms with Gasteiger partial charge in [-0.25, -0.2) is 4.39 Å². The molecule has 2 atom stereocenters. The van der Waals surface area contributed by atoms with Crippen LogP contribution in [-0.4, -0.2) is 6.54 Å². The lowest BCUT2D eigenvalue weighted by Crippen LogP contribution is -2.15. The molecular formula is C11H13ClFN. The molecule has 76 valence electrons. The third kappa shape index (κ3) is 1.77. The molecule has 0 amide bonds. The predicted molar refractivity (Wildman–Crippen MR) is 55.9 cm³/mol. The van der Waals surface area contributed by atoms with Crippen LogP contribution in [0, 0.1) is 11.7 Å². The number of hydrogen-bond acceptors (Lipinski definition) is 1. The molecule has 1 aromatic rings. The van der Waals surface area contributed by atoms with E-state index in [2.05, 4.69) is 12.2 Å². The van der Waals surface area contributed by atoms with Crippen molar-refractivity contribution in [2.75, 3.05) is 6.54 Å². The van der Waals surface area contributed by atoms with Crippen molar-refractivity contribution in [3.63, 3.8) is 0 Å². The van der Waals surface area contributed by atoms with Gasteiger partial charge < -0.3 is 5.32 Å². The van der Waals surface area contributed by atoms with Crippen molar-refractivity contribution in [3.8, 4) is 0 Å². The summed E-state index contributed by atoms with van der Waals surface area (Å²) in [7, 11) is 0. The topological polar surface area (TPSA) is 12.0 Å². The van der Waals surface area contributed by atoms with E-state index in [1.165, 1.54) is 6.07 Å². The SMILES string of the molecule is C[C@H]1CN[C@H](c2c(F)cccc2Cl)C1. The second-order valence-electron chi connectivity index (χ2n) is 3.94. The number of rotatable bonds is 1. The van der Waals surface area contributed by atoms with Crippen LogP contribution < -0.4 is 5.32 Å². The molecule has 1 fully saturated rings. The maximum atomic E-state index is 13.5. The third-order valence-electron chi connectivity index (χ3n) is 2.70. The fraction of sp³-hybridized carbons (Fsp3) is 0.455. The van der Waals surface area contributed by atoms with Gasteiger partial charge in [-0.1, -0.05) is 24.6 Å². The van der Waals surface area contributed by atoms with Crippen molar-refractivity contribution < 1.29 is 4.39 Å². The Kier molecular flexibility index (Phi) is 2.75. The molecule has 0 bridgehead atoms. The van der Waals surface area contributed by atoms with Crippen LogP contribution >= 0.6 is 11.6 Å². The highest BCUT2D eigenvalue weighted by molar-refractivity contribution is 6.31. The molecule has 2 rings (SSSR count). The molecule has 1 N–H and O–H groups in total. The van der Waals surface area contributed by atoms with Gasteiger partial charge in [-0.05, 0) is 31.0 Å². The van der Waals surface area contributed by atoms with E-state index in [0.717, 1.165) is 13.0 Å². The fourth-order valence-corrected chi connectivity index (χ4v) is 2.27. The van der Waals surface area contributed by atoms with Gasteiger partial charge in [-0.2, -0.15) is 0 Å². The maximum absolute atomic E-state index is 13.5. The summed E-state index contributed by atoms with van der Waals surface area (Å²) in [6.45, 7) is 3.09. The van der Waals surface area contributed by atoms with Gasteiger partial charge in [0.2, 0.25) is 0 Å². The van der Waals surface area contributed by atoms with Gasteiger partial charge in [0.15, 0.2) is 0 Å². The first-order valence-corrected chi connectivity index (χ1v) is 5.23. The van der Waals surface area contributed by atoms with Crippen molar-refractivity contribution in [2.45, 2.75) is 19.4 Å². The van der Waals surface area contributed by atoms with Crippen LogP contribution in [0.1, 0.15) is 24.9 Å². The van der Waals surface area contributed by atoms with Crippen LogP contribution in [0.25, 0.3) is 0 Å². The molecule has 14 heavy (non-hydrogen) atoms. The Morgan fingerprint density at radius 1 is 1.50 bits per heavy atom. The molecule has 1 heterocycles. The standard InChI is InChI=1S/C11H13ClFN/c1-7-5-10(14-6-7)11-8(12)3-2-4-9(11)13/h2-4,7,10,14H,5-6H2,1H3/t7-,10+/m1/s1. The molecule has 1 aliphatic heterocycles. The summed E-state index contributed by atoms with van der Waals surface area (Å²) < 4.78 is 13.5. The Balaban J connectivity index is 2.31. The Hall–Kier alpha value is -0.600. The molecule has 0 aliphatic carbocycles. The Morgan fingerprint density at radius 3 is 2.86 bits per heavy atom. The van der Waals surface area contributed by atoms with E-state index >= 15 is 0 Å². The molecule has 0 unspecified atom stereocenters. The summed E-state index contributed by atoms with van der Waals surface area (Å²) in [4.78, 5) is 0. The van der Waals surface area contributed by atoms with E-state index in [-0.39, 0.29) is 11.9 Å². The van der Waals surface area contributed by atoms with Gasteiger partial charge in [0.1, 0.15) is 5.82 Å². The van der Waals surface area contributed by atoms with Crippen molar-refractivity contribution in [2.24, 2.45) is 5.92 Å².